The van der Waals surface area contributed by atoms with Gasteiger partial charge in [-0.2, -0.15) is 0 Å². The van der Waals surface area contributed by atoms with E-state index in [4.69, 9.17) is 15.5 Å². The van der Waals surface area contributed by atoms with Gasteiger partial charge >= 0.3 is 0 Å². The minimum atomic E-state index is 0.472. The molecule has 2 saturated heterocycles. The van der Waals surface area contributed by atoms with Crippen molar-refractivity contribution >= 4 is 5.96 Å². The molecule has 1 unspecified atom stereocenters. The Balaban J connectivity index is 1.90. The molecule has 2 rings (SSSR count). The van der Waals surface area contributed by atoms with Gasteiger partial charge in [0.15, 0.2) is 5.96 Å². The summed E-state index contributed by atoms with van der Waals surface area (Å²) in [6.45, 7) is 11.2. The molecule has 5 heteroatoms. The summed E-state index contributed by atoms with van der Waals surface area (Å²) < 4.78 is 5.45. The van der Waals surface area contributed by atoms with Crippen LogP contribution in [0.15, 0.2) is 4.99 Å². The molecule has 0 aromatic heterocycles. The molecule has 0 spiro atoms. The second-order valence-electron chi connectivity index (χ2n) is 6.56. The molecule has 2 heterocycles. The van der Waals surface area contributed by atoms with Crippen LogP contribution in [0, 0.1) is 5.92 Å². The molecule has 1 atom stereocenters. The Morgan fingerprint density at radius 3 is 2.24 bits per heavy atom. The summed E-state index contributed by atoms with van der Waals surface area (Å²) in [6.07, 6.45) is 5.14. The van der Waals surface area contributed by atoms with Crippen LogP contribution in [0.25, 0.3) is 0 Å². The van der Waals surface area contributed by atoms with Crippen molar-refractivity contribution in [1.82, 2.24) is 9.80 Å². The highest BCUT2D eigenvalue weighted by molar-refractivity contribution is 5.78. The van der Waals surface area contributed by atoms with Crippen molar-refractivity contribution in [2.45, 2.75) is 45.6 Å². The molecule has 2 fully saturated rings. The first-order valence-corrected chi connectivity index (χ1v) is 8.55. The first-order chi connectivity index (χ1) is 10.2. The van der Waals surface area contributed by atoms with E-state index >= 15 is 0 Å². The summed E-state index contributed by atoms with van der Waals surface area (Å²) in [5.74, 6) is 1.33. The highest BCUT2D eigenvalue weighted by Crippen LogP contribution is 2.14. The number of rotatable bonds is 4. The lowest BCUT2D eigenvalue weighted by Gasteiger charge is -2.36. The van der Waals surface area contributed by atoms with Crippen molar-refractivity contribution in [3.8, 4) is 0 Å². The van der Waals surface area contributed by atoms with Gasteiger partial charge in [0.05, 0.1) is 19.8 Å². The number of nitrogens with zero attached hydrogens (tertiary/aromatic N) is 3. The van der Waals surface area contributed by atoms with E-state index in [9.17, 15) is 0 Å². The van der Waals surface area contributed by atoms with Crippen LogP contribution < -0.4 is 5.73 Å². The maximum Gasteiger partial charge on any atom is 0.191 e. The fraction of sp³-hybridized carbons (Fsp3) is 0.938. The van der Waals surface area contributed by atoms with Gasteiger partial charge in [-0.25, -0.2) is 0 Å². The van der Waals surface area contributed by atoms with E-state index in [1.165, 1.54) is 25.7 Å². The summed E-state index contributed by atoms with van der Waals surface area (Å²) in [5.41, 5.74) is 6.23. The van der Waals surface area contributed by atoms with Gasteiger partial charge in [0.2, 0.25) is 0 Å². The molecule has 5 nitrogen and oxygen atoms in total. The van der Waals surface area contributed by atoms with E-state index in [2.05, 4.69) is 23.6 Å². The standard InChI is InChI=1S/C16H32N4O/c1-14(2)15(19-9-11-21-12-10-19)13-18-16(17)20-7-5-3-4-6-8-20/h14-15H,3-13H2,1-2H3,(H2,17,18). The summed E-state index contributed by atoms with van der Waals surface area (Å²) in [7, 11) is 0. The molecule has 0 aliphatic carbocycles. The van der Waals surface area contributed by atoms with Crippen molar-refractivity contribution in [3.05, 3.63) is 0 Å². The smallest absolute Gasteiger partial charge is 0.191 e. The number of guanidine groups is 1. The lowest BCUT2D eigenvalue weighted by molar-refractivity contribution is 0.00864. The molecule has 2 aliphatic rings. The molecule has 2 aliphatic heterocycles. The predicted octanol–water partition coefficient (Wildman–Crippen LogP) is 1.53. The summed E-state index contributed by atoms with van der Waals surface area (Å²) in [5, 5.41) is 0. The number of aliphatic imine (C=N–C) groups is 1. The zero-order valence-corrected chi connectivity index (χ0v) is 13.8. The molecule has 0 radical (unpaired) electrons. The number of nitrogens with two attached hydrogens (primary N) is 1. The van der Waals surface area contributed by atoms with Gasteiger partial charge in [-0.15, -0.1) is 0 Å². The number of hydrogen-bond acceptors (Lipinski definition) is 3. The van der Waals surface area contributed by atoms with Crippen LogP contribution in [0.3, 0.4) is 0 Å². The van der Waals surface area contributed by atoms with Gasteiger partial charge in [-0.3, -0.25) is 9.89 Å². The van der Waals surface area contributed by atoms with Gasteiger partial charge < -0.3 is 15.4 Å². The Labute approximate surface area is 129 Å². The maximum absolute atomic E-state index is 6.23. The lowest BCUT2D eigenvalue weighted by atomic mass is 10.0. The van der Waals surface area contributed by atoms with Crippen molar-refractivity contribution < 1.29 is 4.74 Å². The minimum absolute atomic E-state index is 0.472. The van der Waals surface area contributed by atoms with E-state index in [-0.39, 0.29) is 0 Å². The summed E-state index contributed by atoms with van der Waals surface area (Å²) in [6, 6.07) is 0.472. The number of likely N-dealkylation sites (tertiary alicyclic amines) is 1. The normalized spacial score (nSPS) is 24.1. The molecule has 0 saturated carbocycles. The lowest BCUT2D eigenvalue weighted by Crippen LogP contribution is -2.48. The Morgan fingerprint density at radius 1 is 1.05 bits per heavy atom. The molecular formula is C16H32N4O. The third-order valence-electron chi connectivity index (χ3n) is 4.65. The quantitative estimate of drug-likeness (QED) is 0.631. The molecule has 0 bridgehead atoms. The van der Waals surface area contributed by atoms with Crippen molar-refractivity contribution in [2.24, 2.45) is 16.6 Å². The average molecular weight is 296 g/mol. The van der Waals surface area contributed by atoms with Crippen LogP contribution in [0.4, 0.5) is 0 Å². The molecule has 2 N–H and O–H groups in total. The van der Waals surface area contributed by atoms with Crippen molar-refractivity contribution in [1.29, 1.82) is 0 Å². The third kappa shape index (κ3) is 5.15. The van der Waals surface area contributed by atoms with Crippen LogP contribution >= 0.6 is 0 Å². The van der Waals surface area contributed by atoms with Crippen LogP contribution in [-0.2, 0) is 4.74 Å². The van der Waals surface area contributed by atoms with E-state index in [1.54, 1.807) is 0 Å². The number of morpholine rings is 1. The molecule has 0 amide bonds. The van der Waals surface area contributed by atoms with E-state index in [0.29, 0.717) is 12.0 Å². The fourth-order valence-corrected chi connectivity index (χ4v) is 3.24. The van der Waals surface area contributed by atoms with Gasteiger partial charge in [0.25, 0.3) is 0 Å². The maximum atomic E-state index is 6.23. The van der Waals surface area contributed by atoms with Crippen molar-refractivity contribution in [2.75, 3.05) is 45.9 Å². The minimum Gasteiger partial charge on any atom is -0.379 e. The molecule has 122 valence electrons. The van der Waals surface area contributed by atoms with Gasteiger partial charge in [-0.05, 0) is 18.8 Å². The Kier molecular flexibility index (Phi) is 6.77. The zero-order chi connectivity index (χ0) is 15.1. The van der Waals surface area contributed by atoms with Crippen LogP contribution in [0.5, 0.6) is 0 Å². The summed E-state index contributed by atoms with van der Waals surface area (Å²) in [4.78, 5) is 9.50. The average Bonchev–Trinajstić information content (AvgIpc) is 2.77. The second kappa shape index (κ2) is 8.59. The molecular weight excluding hydrogens is 264 g/mol. The predicted molar refractivity (Wildman–Crippen MR) is 87.5 cm³/mol. The van der Waals surface area contributed by atoms with Gasteiger partial charge in [0.1, 0.15) is 0 Å². The Hall–Kier alpha value is -0.810. The van der Waals surface area contributed by atoms with Gasteiger partial charge in [0, 0.05) is 32.2 Å². The molecule has 0 aromatic rings. The summed E-state index contributed by atoms with van der Waals surface area (Å²) >= 11 is 0. The zero-order valence-electron chi connectivity index (χ0n) is 13.8. The monoisotopic (exact) mass is 296 g/mol. The molecule has 0 aromatic carbocycles. The highest BCUT2D eigenvalue weighted by Gasteiger charge is 2.23. The third-order valence-corrected chi connectivity index (χ3v) is 4.65. The van der Waals surface area contributed by atoms with Gasteiger partial charge in [-0.1, -0.05) is 26.7 Å². The topological polar surface area (TPSA) is 54.1 Å². The first-order valence-electron chi connectivity index (χ1n) is 8.55. The SMILES string of the molecule is CC(C)C(CN=C(N)N1CCCCCC1)N1CCOCC1. The Morgan fingerprint density at radius 2 is 1.67 bits per heavy atom. The largest absolute Gasteiger partial charge is 0.379 e. The van der Waals surface area contributed by atoms with Crippen molar-refractivity contribution in [3.63, 3.8) is 0 Å². The van der Waals surface area contributed by atoms with Crippen LogP contribution in [0.2, 0.25) is 0 Å². The second-order valence-corrected chi connectivity index (χ2v) is 6.56. The van der Waals surface area contributed by atoms with Crippen LogP contribution in [-0.4, -0.2) is 67.7 Å². The number of hydrogen-bond donors (Lipinski definition) is 1. The Bertz CT molecular complexity index is 318. The fourth-order valence-electron chi connectivity index (χ4n) is 3.24. The number of ether oxygens (including phenoxy) is 1. The van der Waals surface area contributed by atoms with E-state index < -0.39 is 0 Å². The van der Waals surface area contributed by atoms with Crippen LogP contribution in [0.1, 0.15) is 39.5 Å². The van der Waals surface area contributed by atoms with E-state index in [1.807, 2.05) is 0 Å². The first kappa shape index (κ1) is 16.6. The van der Waals surface area contributed by atoms with E-state index in [0.717, 1.165) is 51.9 Å². The highest BCUT2D eigenvalue weighted by atomic mass is 16.5. The molecule has 21 heavy (non-hydrogen) atoms.